The van der Waals surface area contributed by atoms with Crippen LogP contribution in [0.5, 0.6) is 0 Å². The molecule has 5 aliphatic rings. The van der Waals surface area contributed by atoms with E-state index in [2.05, 4.69) is 0 Å². The normalized spacial score (nSPS) is 46.4. The second-order valence-electron chi connectivity index (χ2n) is 17.9. The van der Waals surface area contributed by atoms with Gasteiger partial charge in [-0.1, -0.05) is 0 Å². The summed E-state index contributed by atoms with van der Waals surface area (Å²) in [5.41, 5.74) is 3.32. The van der Waals surface area contributed by atoms with E-state index in [1.807, 2.05) is 0 Å². The van der Waals surface area contributed by atoms with E-state index in [4.69, 9.17) is 62.6 Å². The minimum atomic E-state index is -3.50. The predicted octanol–water partition coefficient (Wildman–Crippen LogP) is -8.09. The molecule has 27 nitrogen and oxygen atoms in total. The van der Waals surface area contributed by atoms with E-state index < -0.39 is 204 Å². The molecule has 24 atom stereocenters. The molecule has 68 heavy (non-hydrogen) atoms. The lowest BCUT2D eigenvalue weighted by Gasteiger charge is -2.50. The highest BCUT2D eigenvalue weighted by molar-refractivity contribution is 5.02. The summed E-state index contributed by atoms with van der Waals surface area (Å²) in [4.78, 5) is 0. The summed E-state index contributed by atoms with van der Waals surface area (Å²) in [6.07, 6.45) is -44.5. The van der Waals surface area contributed by atoms with Gasteiger partial charge in [0, 0.05) is 6.61 Å². The number of rotatable bonds is 21. The maximum atomic E-state index is 14.1. The van der Waals surface area contributed by atoms with Gasteiger partial charge in [-0.05, 0) is 34.6 Å². The first-order chi connectivity index (χ1) is 31.8. The van der Waals surface area contributed by atoms with Crippen LogP contribution in [0.3, 0.4) is 0 Å². The van der Waals surface area contributed by atoms with E-state index in [-0.39, 0.29) is 6.61 Å². The number of aliphatic hydroxyl groups is 14. The van der Waals surface area contributed by atoms with Crippen LogP contribution in [0.15, 0.2) is 0 Å². The quantitative estimate of drug-likeness (QED) is 0.0475. The molecule has 29 heteroatoms. The Morgan fingerprint density at radius 3 is 1.53 bits per heavy atom. The van der Waals surface area contributed by atoms with Crippen LogP contribution >= 0.6 is 0 Å². The van der Waals surface area contributed by atoms with E-state index in [1.54, 1.807) is 13.8 Å². The number of halogens is 2. The summed E-state index contributed by atoms with van der Waals surface area (Å²) in [5.74, 6) is -6.46. The van der Waals surface area contributed by atoms with Crippen LogP contribution in [0, 0.1) is 0 Å². The summed E-state index contributed by atoms with van der Waals surface area (Å²) < 4.78 is 96.5. The van der Waals surface area contributed by atoms with Crippen molar-refractivity contribution in [3.8, 4) is 0 Å². The molecule has 5 rings (SSSR count). The molecule has 5 heterocycles. The zero-order valence-electron chi connectivity index (χ0n) is 37.8. The summed E-state index contributed by atoms with van der Waals surface area (Å²) in [5, 5.41) is 153. The molecule has 13 unspecified atom stereocenters. The summed E-state index contributed by atoms with van der Waals surface area (Å²) in [6.45, 7) is 0.663. The zero-order valence-corrected chi connectivity index (χ0v) is 37.8. The van der Waals surface area contributed by atoms with Gasteiger partial charge in [0.1, 0.15) is 116 Å². The first kappa shape index (κ1) is 57.7. The number of hydrogen-bond donors (Lipinski definition) is 15. The third kappa shape index (κ3) is 12.4. The molecule has 5 saturated heterocycles. The molecule has 16 N–H and O–H groups in total. The fourth-order valence-electron chi connectivity index (χ4n) is 8.37. The van der Waals surface area contributed by atoms with Crippen molar-refractivity contribution in [2.75, 3.05) is 46.2 Å². The monoisotopic (exact) mass is 1010 g/mol. The van der Waals surface area contributed by atoms with Crippen LogP contribution in [0.4, 0.5) is 8.78 Å². The van der Waals surface area contributed by atoms with Gasteiger partial charge in [0.05, 0.1) is 44.7 Å². The molecule has 0 radical (unpaired) electrons. The van der Waals surface area contributed by atoms with Crippen LogP contribution in [-0.4, -0.2) is 282 Å². The van der Waals surface area contributed by atoms with Gasteiger partial charge in [-0.15, -0.1) is 0 Å². The number of aliphatic hydroxyl groups excluding tert-OH is 13. The van der Waals surface area contributed by atoms with Crippen LogP contribution in [0.25, 0.3) is 0 Å². The molecule has 400 valence electrons. The molecule has 5 aliphatic heterocycles. The third-order valence-electron chi connectivity index (χ3n) is 12.2. The molecule has 0 aromatic rings. The number of hydrogen-bond acceptors (Lipinski definition) is 27. The van der Waals surface area contributed by atoms with Gasteiger partial charge in [0.2, 0.25) is 0 Å². The molecule has 5 fully saturated rings. The Morgan fingerprint density at radius 1 is 0.574 bits per heavy atom. The number of nitrogens with two attached hydrogens (primary N) is 1. The molecule has 0 aromatic carbocycles. The molecule has 0 aliphatic carbocycles. The first-order valence-corrected chi connectivity index (χ1v) is 22.0. The van der Waals surface area contributed by atoms with Crippen LogP contribution in [0.1, 0.15) is 34.6 Å². The highest BCUT2D eigenvalue weighted by Gasteiger charge is 2.62. The van der Waals surface area contributed by atoms with Crippen molar-refractivity contribution in [3.63, 3.8) is 0 Å². The first-order valence-electron chi connectivity index (χ1n) is 22.0. The zero-order chi connectivity index (χ0) is 50.8. The van der Waals surface area contributed by atoms with Crippen molar-refractivity contribution in [2.24, 2.45) is 5.73 Å². The summed E-state index contributed by atoms with van der Waals surface area (Å²) in [7, 11) is 0. The van der Waals surface area contributed by atoms with Crippen LogP contribution < -0.4 is 5.73 Å². The number of alkyl halides is 2. The van der Waals surface area contributed by atoms with Gasteiger partial charge in [0.15, 0.2) is 31.3 Å². The molecule has 0 amide bonds. The van der Waals surface area contributed by atoms with Crippen LogP contribution in [0.2, 0.25) is 0 Å². The minimum Gasteiger partial charge on any atom is -0.394 e. The Bertz CT molecular complexity index is 1550. The van der Waals surface area contributed by atoms with Gasteiger partial charge in [-0.3, -0.25) is 4.74 Å². The Morgan fingerprint density at radius 2 is 1.01 bits per heavy atom. The van der Waals surface area contributed by atoms with Crippen molar-refractivity contribution in [3.05, 3.63) is 0 Å². The van der Waals surface area contributed by atoms with Gasteiger partial charge >= 0.3 is 5.97 Å². The van der Waals surface area contributed by atoms with Gasteiger partial charge in [0.25, 0.3) is 5.92 Å². The lowest BCUT2D eigenvalue weighted by molar-refractivity contribution is -0.413. The fourth-order valence-corrected chi connectivity index (χ4v) is 8.37. The van der Waals surface area contributed by atoms with E-state index in [0.29, 0.717) is 0 Å². The lowest BCUT2D eigenvalue weighted by atomic mass is 9.86. The smallest absolute Gasteiger partial charge is 0.313 e. The van der Waals surface area contributed by atoms with Gasteiger partial charge < -0.3 is 129 Å². The minimum absolute atomic E-state index is 0.307. The Labute approximate surface area is 388 Å². The number of ether oxygens (including phenoxy) is 12. The van der Waals surface area contributed by atoms with E-state index in [9.17, 15) is 80.3 Å². The molecule has 0 bridgehead atoms. The van der Waals surface area contributed by atoms with Crippen molar-refractivity contribution >= 4 is 0 Å². The van der Waals surface area contributed by atoms with Crippen molar-refractivity contribution in [2.45, 2.75) is 199 Å². The summed E-state index contributed by atoms with van der Waals surface area (Å²) >= 11 is 0. The molecular formula is C39H69F2NO26. The van der Waals surface area contributed by atoms with E-state index in [0.717, 1.165) is 0 Å². The average molecular weight is 1010 g/mol. The fraction of sp³-hybridized carbons (Fsp3) is 1.00. The second kappa shape index (κ2) is 23.8. The SMILES string of the molecule is CCO[C@@]1(O)O[C@H](OC2C(O)[C@H](O)C(CO)O[C@@H]2OC2C(O)[C@@H](OC3C(O)[C@@H](C(C)(C)OCC(F)(F)CN)OC(CO)[C@H]3O)OC(CO)[C@H]2O)C(O[C@H]2O[C@H](CO)[C@H](O)C(O)C2OC(C)C)C1O. The topological polar surface area (TPSA) is 420 Å². The van der Waals surface area contributed by atoms with Gasteiger partial charge in [-0.25, -0.2) is 8.78 Å². The molecular weight excluding hydrogens is 936 g/mol. The highest BCUT2D eigenvalue weighted by Crippen LogP contribution is 2.40. The van der Waals surface area contributed by atoms with Crippen molar-refractivity contribution in [1.29, 1.82) is 0 Å². The molecule has 0 saturated carbocycles. The maximum absolute atomic E-state index is 14.1. The average Bonchev–Trinajstić information content (AvgIpc) is 3.52. The predicted molar refractivity (Wildman–Crippen MR) is 212 cm³/mol. The van der Waals surface area contributed by atoms with E-state index in [1.165, 1.54) is 20.8 Å². The Hall–Kier alpha value is -1.22. The largest absolute Gasteiger partial charge is 0.394 e. The van der Waals surface area contributed by atoms with Gasteiger partial charge in [-0.2, -0.15) is 0 Å². The van der Waals surface area contributed by atoms with Crippen LogP contribution in [-0.2, 0) is 56.8 Å². The van der Waals surface area contributed by atoms with E-state index >= 15 is 0 Å². The molecule has 0 aromatic heterocycles. The molecule has 0 spiro atoms. The highest BCUT2D eigenvalue weighted by atomic mass is 19.3. The maximum Gasteiger partial charge on any atom is 0.313 e. The lowest BCUT2D eigenvalue weighted by Crippen LogP contribution is -2.68. The third-order valence-corrected chi connectivity index (χ3v) is 12.2. The standard InChI is InChI=1S/C39H69F2NO26/c1-6-57-39(56)31(55)30(67-34-28(59-13(2)3)22(51)18(47)14(7-43)62-34)36(68-39)66-29-23(52)19(48)15(8-44)63-35(29)65-27-21(50)17(10-46)61-33(25(27)54)64-26-20(49)16(9-45)60-32(24(26)53)37(4,5)58-12-38(40,41)11-42/h13-36,43-56H,6-12,42H2,1-5H3/t14-,15?,16?,17?,18+,19-,20-,21-,22?,23?,24?,25?,26?,27?,28?,29?,30?,31?,32+,33-,34-,35-,36+,39-/m1/s1. The van der Waals surface area contributed by atoms with Crippen molar-refractivity contribution in [1.82, 2.24) is 0 Å². The Kier molecular flexibility index (Phi) is 20.2. The Balaban J connectivity index is 1.44. The van der Waals surface area contributed by atoms with Crippen molar-refractivity contribution < 1.29 is 137 Å². The summed E-state index contributed by atoms with van der Waals surface area (Å²) in [6, 6.07) is 0. The second-order valence-corrected chi connectivity index (χ2v) is 17.9.